The quantitative estimate of drug-likeness (QED) is 0.480. The minimum Gasteiger partial charge on any atom is -0.302 e. The van der Waals surface area contributed by atoms with Crippen LogP contribution in [-0.2, 0) is 0 Å². The van der Waals surface area contributed by atoms with Crippen molar-refractivity contribution in [3.8, 4) is 0 Å². The van der Waals surface area contributed by atoms with Gasteiger partial charge in [0.1, 0.15) is 5.82 Å². The highest BCUT2D eigenvalue weighted by Gasteiger charge is 2.24. The van der Waals surface area contributed by atoms with E-state index in [4.69, 9.17) is 16.6 Å². The van der Waals surface area contributed by atoms with Crippen LogP contribution >= 0.6 is 22.9 Å². The van der Waals surface area contributed by atoms with Crippen molar-refractivity contribution >= 4 is 44.2 Å². The molecule has 3 rings (SSSR count). The number of thiazole rings is 1. The van der Waals surface area contributed by atoms with Gasteiger partial charge in [-0.05, 0) is 62.3 Å². The summed E-state index contributed by atoms with van der Waals surface area (Å²) < 4.78 is 14.5. The standard InChI is InChI=1S/C22H25ClFN3OS/c1-5-26(6-2)11-12-27(21(28)17-9-8-16(24)13-18(17)23)22-25-20-15(4)14(3)7-10-19(20)29-22/h7-10,13H,5-6,11-12H2,1-4H3. The topological polar surface area (TPSA) is 36.4 Å². The highest BCUT2D eigenvalue weighted by molar-refractivity contribution is 7.22. The number of fused-ring (bicyclic) bond motifs is 1. The molecule has 0 atom stereocenters. The number of halogens is 2. The van der Waals surface area contributed by atoms with E-state index in [0.29, 0.717) is 18.2 Å². The number of carbonyl (C=O) groups is 1. The summed E-state index contributed by atoms with van der Waals surface area (Å²) >= 11 is 7.67. The fourth-order valence-corrected chi connectivity index (χ4v) is 4.50. The fourth-order valence-electron chi connectivity index (χ4n) is 3.20. The summed E-state index contributed by atoms with van der Waals surface area (Å²) in [6.07, 6.45) is 0. The van der Waals surface area contributed by atoms with Gasteiger partial charge in [-0.15, -0.1) is 0 Å². The normalized spacial score (nSPS) is 11.4. The van der Waals surface area contributed by atoms with Gasteiger partial charge < -0.3 is 4.90 Å². The third-order valence-corrected chi connectivity index (χ3v) is 6.60. The number of carbonyl (C=O) groups excluding carboxylic acids is 1. The molecule has 1 heterocycles. The highest BCUT2D eigenvalue weighted by atomic mass is 35.5. The maximum atomic E-state index is 13.5. The molecule has 0 aliphatic carbocycles. The maximum Gasteiger partial charge on any atom is 0.261 e. The molecule has 0 bridgehead atoms. The molecule has 1 aromatic heterocycles. The lowest BCUT2D eigenvalue weighted by atomic mass is 10.1. The molecule has 0 aliphatic heterocycles. The zero-order valence-electron chi connectivity index (χ0n) is 17.1. The Morgan fingerprint density at radius 2 is 1.86 bits per heavy atom. The molecule has 0 fully saturated rings. The zero-order chi connectivity index (χ0) is 21.1. The van der Waals surface area contributed by atoms with Crippen LogP contribution in [0.4, 0.5) is 9.52 Å². The molecule has 0 aliphatic rings. The van der Waals surface area contributed by atoms with E-state index in [-0.39, 0.29) is 16.5 Å². The van der Waals surface area contributed by atoms with Gasteiger partial charge in [0.15, 0.2) is 5.13 Å². The van der Waals surface area contributed by atoms with Crippen molar-refractivity contribution in [3.05, 3.63) is 57.9 Å². The molecule has 0 unspecified atom stereocenters. The summed E-state index contributed by atoms with van der Waals surface area (Å²) in [5.41, 5.74) is 3.47. The van der Waals surface area contributed by atoms with Crippen molar-refractivity contribution in [2.45, 2.75) is 27.7 Å². The van der Waals surface area contributed by atoms with Crippen molar-refractivity contribution in [3.63, 3.8) is 0 Å². The molecular formula is C22H25ClFN3OS. The van der Waals surface area contributed by atoms with E-state index in [0.717, 1.165) is 34.4 Å². The Hall–Kier alpha value is -2.02. The first-order valence-electron chi connectivity index (χ1n) is 9.71. The number of anilines is 1. The van der Waals surface area contributed by atoms with E-state index in [9.17, 15) is 9.18 Å². The minimum atomic E-state index is -0.465. The Bertz CT molecular complexity index is 1030. The Balaban J connectivity index is 2.03. The molecule has 0 saturated heterocycles. The van der Waals surface area contributed by atoms with Crippen LogP contribution in [0.5, 0.6) is 0 Å². The first-order valence-corrected chi connectivity index (χ1v) is 10.9. The van der Waals surface area contributed by atoms with Crippen LogP contribution in [-0.4, -0.2) is 42.0 Å². The molecule has 2 aromatic carbocycles. The monoisotopic (exact) mass is 433 g/mol. The Kier molecular flexibility index (Phi) is 6.88. The zero-order valence-corrected chi connectivity index (χ0v) is 18.7. The lowest BCUT2D eigenvalue weighted by Gasteiger charge is -2.25. The molecule has 0 spiro atoms. The first-order chi connectivity index (χ1) is 13.8. The molecule has 0 saturated carbocycles. The second kappa shape index (κ2) is 9.20. The van der Waals surface area contributed by atoms with Gasteiger partial charge in [0.05, 0.1) is 20.8 Å². The number of hydrogen-bond acceptors (Lipinski definition) is 4. The van der Waals surface area contributed by atoms with Crippen LogP contribution in [0.1, 0.15) is 35.3 Å². The largest absolute Gasteiger partial charge is 0.302 e. The second-order valence-corrected chi connectivity index (χ2v) is 8.37. The predicted octanol–water partition coefficient (Wildman–Crippen LogP) is 5.69. The average molecular weight is 434 g/mol. The van der Waals surface area contributed by atoms with Crippen LogP contribution in [0.2, 0.25) is 5.02 Å². The fraction of sp³-hybridized carbons (Fsp3) is 0.364. The van der Waals surface area contributed by atoms with Gasteiger partial charge in [-0.3, -0.25) is 9.69 Å². The average Bonchev–Trinajstić information content (AvgIpc) is 3.12. The molecule has 29 heavy (non-hydrogen) atoms. The van der Waals surface area contributed by atoms with Gasteiger partial charge in [-0.25, -0.2) is 9.37 Å². The number of benzene rings is 2. The van der Waals surface area contributed by atoms with Gasteiger partial charge in [0.25, 0.3) is 5.91 Å². The smallest absolute Gasteiger partial charge is 0.261 e. The number of hydrogen-bond donors (Lipinski definition) is 0. The molecule has 4 nitrogen and oxygen atoms in total. The van der Waals surface area contributed by atoms with Crippen molar-refractivity contribution in [1.82, 2.24) is 9.88 Å². The van der Waals surface area contributed by atoms with Crippen LogP contribution in [0, 0.1) is 19.7 Å². The Labute approximate surface area is 179 Å². The summed E-state index contributed by atoms with van der Waals surface area (Å²) in [5.74, 6) is -0.733. The molecular weight excluding hydrogens is 409 g/mol. The lowest BCUT2D eigenvalue weighted by molar-refractivity contribution is 0.0984. The van der Waals surface area contributed by atoms with E-state index in [1.54, 1.807) is 4.90 Å². The van der Waals surface area contributed by atoms with Crippen LogP contribution in [0.3, 0.4) is 0 Å². The summed E-state index contributed by atoms with van der Waals surface area (Å²) in [5, 5.41) is 0.738. The molecule has 0 N–H and O–H groups in total. The number of amides is 1. The molecule has 7 heteroatoms. The van der Waals surface area contributed by atoms with Crippen LogP contribution in [0.25, 0.3) is 10.2 Å². The lowest BCUT2D eigenvalue weighted by Crippen LogP contribution is -2.39. The minimum absolute atomic E-state index is 0.107. The Morgan fingerprint density at radius 1 is 1.14 bits per heavy atom. The molecule has 0 radical (unpaired) electrons. The van der Waals surface area contributed by atoms with Gasteiger partial charge >= 0.3 is 0 Å². The van der Waals surface area contributed by atoms with Gasteiger partial charge in [0.2, 0.25) is 0 Å². The summed E-state index contributed by atoms with van der Waals surface area (Å²) in [6, 6.07) is 7.97. The van der Waals surface area contributed by atoms with Crippen molar-refractivity contribution in [2.24, 2.45) is 0 Å². The molecule has 1 amide bonds. The van der Waals surface area contributed by atoms with Crippen LogP contribution < -0.4 is 4.90 Å². The first kappa shape index (κ1) is 21.7. The van der Waals surface area contributed by atoms with Gasteiger partial charge in [-0.2, -0.15) is 0 Å². The highest BCUT2D eigenvalue weighted by Crippen LogP contribution is 2.33. The maximum absolute atomic E-state index is 13.5. The SMILES string of the molecule is CCN(CC)CCN(C(=O)c1ccc(F)cc1Cl)c1nc2c(C)c(C)ccc2s1. The van der Waals surface area contributed by atoms with E-state index >= 15 is 0 Å². The third kappa shape index (κ3) is 4.60. The van der Waals surface area contributed by atoms with E-state index in [1.165, 1.54) is 29.5 Å². The van der Waals surface area contributed by atoms with Crippen LogP contribution in [0.15, 0.2) is 30.3 Å². The number of rotatable bonds is 7. The number of likely N-dealkylation sites (N-methyl/N-ethyl adjacent to an activating group) is 1. The summed E-state index contributed by atoms with van der Waals surface area (Å²) in [6.45, 7) is 11.3. The van der Waals surface area contributed by atoms with E-state index in [2.05, 4.69) is 31.7 Å². The van der Waals surface area contributed by atoms with Crippen molar-refractivity contribution in [2.75, 3.05) is 31.1 Å². The van der Waals surface area contributed by atoms with Crippen molar-refractivity contribution in [1.29, 1.82) is 0 Å². The van der Waals surface area contributed by atoms with Gasteiger partial charge in [-0.1, -0.05) is 42.9 Å². The summed E-state index contributed by atoms with van der Waals surface area (Å²) in [4.78, 5) is 22.1. The van der Waals surface area contributed by atoms with E-state index < -0.39 is 5.82 Å². The molecule has 3 aromatic rings. The van der Waals surface area contributed by atoms with E-state index in [1.807, 2.05) is 13.0 Å². The van der Waals surface area contributed by atoms with Crippen molar-refractivity contribution < 1.29 is 9.18 Å². The van der Waals surface area contributed by atoms with Gasteiger partial charge in [0, 0.05) is 13.1 Å². The number of nitrogens with zero attached hydrogens (tertiary/aromatic N) is 3. The Morgan fingerprint density at radius 3 is 2.52 bits per heavy atom. The third-order valence-electron chi connectivity index (χ3n) is 5.25. The number of aromatic nitrogens is 1. The predicted molar refractivity (Wildman–Crippen MR) is 120 cm³/mol. The number of aryl methyl sites for hydroxylation is 2. The molecule has 154 valence electrons. The summed E-state index contributed by atoms with van der Waals surface area (Å²) in [7, 11) is 0. The second-order valence-electron chi connectivity index (χ2n) is 6.96.